The van der Waals surface area contributed by atoms with Gasteiger partial charge in [-0.05, 0) is 38.1 Å². The van der Waals surface area contributed by atoms with Crippen LogP contribution >= 0.6 is 0 Å². The molecule has 5 nitrogen and oxygen atoms in total. The number of furan rings is 1. The van der Waals surface area contributed by atoms with E-state index in [0.717, 1.165) is 0 Å². The fraction of sp³-hybridized carbons (Fsp3) is 0.188. The van der Waals surface area contributed by atoms with Gasteiger partial charge in [0.1, 0.15) is 28.4 Å². The van der Waals surface area contributed by atoms with Gasteiger partial charge in [-0.3, -0.25) is 0 Å². The number of aromatic hydroxyl groups is 1. The fourth-order valence-corrected chi connectivity index (χ4v) is 2.32. The molecule has 1 N–H and O–H groups in total. The Morgan fingerprint density at radius 3 is 2.76 bits per heavy atom. The summed E-state index contributed by atoms with van der Waals surface area (Å²) in [5, 5.41) is 10.8. The fourth-order valence-electron chi connectivity index (χ4n) is 2.32. The zero-order chi connectivity index (χ0) is 15.0. The third-order valence-electron chi connectivity index (χ3n) is 3.31. The second-order valence-electron chi connectivity index (χ2n) is 4.59. The van der Waals surface area contributed by atoms with Crippen LogP contribution in [0.25, 0.3) is 22.3 Å². The molecule has 0 aliphatic carbocycles. The average Bonchev–Trinajstić information content (AvgIpc) is 2.97. The Labute approximate surface area is 120 Å². The summed E-state index contributed by atoms with van der Waals surface area (Å²) in [5.41, 5.74) is 0.370. The molecule has 0 saturated carbocycles. The maximum atomic E-state index is 12.1. The molecular weight excluding hydrogens is 272 g/mol. The Bertz CT molecular complexity index is 843. The van der Waals surface area contributed by atoms with Crippen molar-refractivity contribution < 1.29 is 18.7 Å². The number of rotatable bonds is 3. The van der Waals surface area contributed by atoms with Crippen LogP contribution in [0.4, 0.5) is 0 Å². The molecule has 1 aromatic carbocycles. The molecule has 0 atom stereocenters. The van der Waals surface area contributed by atoms with Crippen LogP contribution in [-0.4, -0.2) is 11.7 Å². The van der Waals surface area contributed by atoms with Gasteiger partial charge in [0.15, 0.2) is 0 Å². The van der Waals surface area contributed by atoms with E-state index in [1.165, 1.54) is 6.26 Å². The van der Waals surface area contributed by atoms with Crippen molar-refractivity contribution in [3.63, 3.8) is 0 Å². The van der Waals surface area contributed by atoms with E-state index in [2.05, 4.69) is 0 Å². The lowest BCUT2D eigenvalue weighted by Crippen LogP contribution is -2.04. The third-order valence-corrected chi connectivity index (χ3v) is 3.31. The van der Waals surface area contributed by atoms with Crippen LogP contribution in [0.1, 0.15) is 12.5 Å². The Morgan fingerprint density at radius 1 is 1.29 bits per heavy atom. The number of hydrogen-bond acceptors (Lipinski definition) is 5. The van der Waals surface area contributed by atoms with Gasteiger partial charge in [0.05, 0.1) is 18.3 Å². The minimum atomic E-state index is -0.647. The first kappa shape index (κ1) is 13.3. The molecule has 0 saturated heterocycles. The lowest BCUT2D eigenvalue weighted by molar-refractivity contribution is 0.337. The second-order valence-corrected chi connectivity index (χ2v) is 4.59. The molecule has 0 amide bonds. The Hall–Kier alpha value is -2.69. The van der Waals surface area contributed by atoms with Crippen molar-refractivity contribution in [3.05, 3.63) is 46.5 Å². The van der Waals surface area contributed by atoms with Gasteiger partial charge in [-0.2, -0.15) is 0 Å². The van der Waals surface area contributed by atoms with E-state index in [1.807, 2.05) is 6.92 Å². The van der Waals surface area contributed by atoms with Crippen molar-refractivity contribution in [1.29, 1.82) is 0 Å². The Balaban J connectivity index is 2.33. The summed E-state index contributed by atoms with van der Waals surface area (Å²) >= 11 is 0. The molecule has 0 aliphatic rings. The van der Waals surface area contributed by atoms with Crippen molar-refractivity contribution in [1.82, 2.24) is 0 Å². The van der Waals surface area contributed by atoms with Crippen molar-refractivity contribution in [3.8, 4) is 22.8 Å². The first-order chi connectivity index (χ1) is 10.1. The molecule has 0 aliphatic heterocycles. The molecule has 0 unspecified atom stereocenters. The molecule has 3 rings (SSSR count). The van der Waals surface area contributed by atoms with Crippen LogP contribution in [0.3, 0.4) is 0 Å². The smallest absolute Gasteiger partial charge is 0.351 e. The van der Waals surface area contributed by atoms with E-state index in [4.69, 9.17) is 13.6 Å². The van der Waals surface area contributed by atoms with Crippen LogP contribution < -0.4 is 10.4 Å². The maximum Gasteiger partial charge on any atom is 0.351 e. The summed E-state index contributed by atoms with van der Waals surface area (Å²) in [6.45, 7) is 4.16. The van der Waals surface area contributed by atoms with Gasteiger partial charge in [0, 0.05) is 5.56 Å². The topological polar surface area (TPSA) is 72.8 Å². The van der Waals surface area contributed by atoms with Gasteiger partial charge in [0.25, 0.3) is 0 Å². The predicted octanol–water partition coefficient (Wildman–Crippen LogP) is 3.47. The van der Waals surface area contributed by atoms with Gasteiger partial charge in [-0.15, -0.1) is 0 Å². The SMILES string of the molecule is CCOc1ccc2c(O)c(-c3ccco3)c(=O)oc2c1C. The minimum Gasteiger partial charge on any atom is -0.506 e. The molecule has 0 fully saturated rings. The van der Waals surface area contributed by atoms with Crippen LogP contribution in [0.15, 0.2) is 44.2 Å². The van der Waals surface area contributed by atoms with E-state index in [1.54, 1.807) is 31.2 Å². The van der Waals surface area contributed by atoms with Crippen molar-refractivity contribution >= 4 is 11.0 Å². The standard InChI is InChI=1S/C16H14O5/c1-3-19-11-7-6-10-14(17)13(12-5-4-8-20-12)16(18)21-15(10)9(11)2/h4-8,17H,3H2,1-2H3. The molecule has 108 valence electrons. The molecule has 0 bridgehead atoms. The number of benzene rings is 1. The summed E-state index contributed by atoms with van der Waals surface area (Å²) < 4.78 is 16.0. The summed E-state index contributed by atoms with van der Waals surface area (Å²) in [4.78, 5) is 12.1. The highest BCUT2D eigenvalue weighted by Crippen LogP contribution is 2.36. The first-order valence-electron chi connectivity index (χ1n) is 6.59. The highest BCUT2D eigenvalue weighted by molar-refractivity contribution is 5.92. The molecule has 0 radical (unpaired) electrons. The van der Waals surface area contributed by atoms with E-state index < -0.39 is 5.63 Å². The zero-order valence-corrected chi connectivity index (χ0v) is 11.7. The molecule has 2 aromatic heterocycles. The quantitative estimate of drug-likeness (QED) is 0.746. The Kier molecular flexibility index (Phi) is 3.17. The third kappa shape index (κ3) is 2.07. The summed E-state index contributed by atoms with van der Waals surface area (Å²) in [6.07, 6.45) is 1.43. The van der Waals surface area contributed by atoms with Crippen molar-refractivity contribution in [2.75, 3.05) is 6.61 Å². The lowest BCUT2D eigenvalue weighted by atomic mass is 10.1. The number of aryl methyl sites for hydroxylation is 1. The van der Waals surface area contributed by atoms with Gasteiger partial charge in [0.2, 0.25) is 0 Å². The van der Waals surface area contributed by atoms with E-state index >= 15 is 0 Å². The van der Waals surface area contributed by atoms with E-state index in [-0.39, 0.29) is 17.1 Å². The summed E-state index contributed by atoms with van der Waals surface area (Å²) in [5.74, 6) is 0.746. The maximum absolute atomic E-state index is 12.1. The average molecular weight is 286 g/mol. The zero-order valence-electron chi connectivity index (χ0n) is 11.7. The molecular formula is C16H14O5. The molecule has 21 heavy (non-hydrogen) atoms. The van der Waals surface area contributed by atoms with Crippen LogP contribution in [-0.2, 0) is 0 Å². The highest BCUT2D eigenvalue weighted by Gasteiger charge is 2.20. The van der Waals surface area contributed by atoms with Crippen LogP contribution in [0, 0.1) is 6.92 Å². The molecule has 0 spiro atoms. The van der Waals surface area contributed by atoms with Crippen LogP contribution in [0.5, 0.6) is 11.5 Å². The van der Waals surface area contributed by atoms with Crippen molar-refractivity contribution in [2.45, 2.75) is 13.8 Å². The van der Waals surface area contributed by atoms with Crippen molar-refractivity contribution in [2.24, 2.45) is 0 Å². The normalized spacial score (nSPS) is 11.0. The predicted molar refractivity (Wildman–Crippen MR) is 77.8 cm³/mol. The largest absolute Gasteiger partial charge is 0.506 e. The Morgan fingerprint density at radius 2 is 2.10 bits per heavy atom. The number of ether oxygens (including phenoxy) is 1. The van der Waals surface area contributed by atoms with Crippen LogP contribution in [0.2, 0.25) is 0 Å². The molecule has 5 heteroatoms. The second kappa shape index (κ2) is 5.01. The summed E-state index contributed by atoms with van der Waals surface area (Å²) in [7, 11) is 0. The number of hydrogen-bond donors (Lipinski definition) is 1. The van der Waals surface area contributed by atoms with Gasteiger partial charge >= 0.3 is 5.63 Å². The highest BCUT2D eigenvalue weighted by atomic mass is 16.5. The monoisotopic (exact) mass is 286 g/mol. The summed E-state index contributed by atoms with van der Waals surface area (Å²) in [6, 6.07) is 6.64. The van der Waals surface area contributed by atoms with E-state index in [0.29, 0.717) is 28.9 Å². The van der Waals surface area contributed by atoms with E-state index in [9.17, 15) is 9.90 Å². The molecule has 2 heterocycles. The van der Waals surface area contributed by atoms with Gasteiger partial charge in [-0.1, -0.05) is 0 Å². The lowest BCUT2D eigenvalue weighted by Gasteiger charge is -2.10. The van der Waals surface area contributed by atoms with Gasteiger partial charge in [-0.25, -0.2) is 4.79 Å². The first-order valence-corrected chi connectivity index (χ1v) is 6.59. The molecule has 3 aromatic rings. The van der Waals surface area contributed by atoms with Gasteiger partial charge < -0.3 is 18.7 Å². The minimum absolute atomic E-state index is 0.0241. The number of fused-ring (bicyclic) bond motifs is 1.